The van der Waals surface area contributed by atoms with Crippen LogP contribution < -0.4 is 9.47 Å². The lowest BCUT2D eigenvalue weighted by Gasteiger charge is -2.26. The highest BCUT2D eigenvalue weighted by atomic mass is 35.5. The predicted octanol–water partition coefficient (Wildman–Crippen LogP) is 5.90. The standard InChI is InChI=1S/C20H23ClN2O2S.ClH/c21-16-5-3-15(4-6-16)17(14-1-2-14)12-24-18-19(23-26-22-18)25-20-9-7-13(11-20)8-10-20;/h3-6,13-14,17H,1-2,7-12H2;1H. The number of aromatic nitrogens is 2. The van der Waals surface area contributed by atoms with Gasteiger partial charge < -0.3 is 9.47 Å². The van der Waals surface area contributed by atoms with Crippen LogP contribution in [0.15, 0.2) is 24.3 Å². The average Bonchev–Trinajstić information content (AvgIpc) is 3.09. The molecule has 0 N–H and O–H groups in total. The molecule has 1 unspecified atom stereocenters. The van der Waals surface area contributed by atoms with Gasteiger partial charge in [-0.2, -0.15) is 0 Å². The van der Waals surface area contributed by atoms with E-state index in [1.807, 2.05) is 12.1 Å². The number of hydrogen-bond acceptors (Lipinski definition) is 5. The van der Waals surface area contributed by atoms with Crippen molar-refractivity contribution in [2.45, 2.75) is 56.5 Å². The van der Waals surface area contributed by atoms with E-state index in [9.17, 15) is 0 Å². The molecule has 3 aliphatic carbocycles. The van der Waals surface area contributed by atoms with Crippen LogP contribution in [-0.4, -0.2) is 21.0 Å². The summed E-state index contributed by atoms with van der Waals surface area (Å²) in [5, 5.41) is 0.772. The smallest absolute Gasteiger partial charge is 0.291 e. The molecule has 0 spiro atoms. The van der Waals surface area contributed by atoms with E-state index < -0.39 is 0 Å². The Bertz CT molecular complexity index is 771. The molecular formula is C20H24Cl2N2O2S. The van der Waals surface area contributed by atoms with Gasteiger partial charge in [-0.3, -0.25) is 0 Å². The van der Waals surface area contributed by atoms with Crippen LogP contribution in [0.25, 0.3) is 0 Å². The summed E-state index contributed by atoms with van der Waals surface area (Å²) in [6.07, 6.45) is 8.55. The van der Waals surface area contributed by atoms with Crippen LogP contribution in [0, 0.1) is 11.8 Å². The number of hydrogen-bond donors (Lipinski definition) is 0. The molecule has 3 saturated carbocycles. The van der Waals surface area contributed by atoms with E-state index in [1.165, 1.54) is 49.4 Å². The van der Waals surface area contributed by atoms with Gasteiger partial charge in [0.2, 0.25) is 0 Å². The van der Waals surface area contributed by atoms with Crippen molar-refractivity contribution in [1.29, 1.82) is 0 Å². The number of rotatable bonds is 7. The second-order valence-corrected chi connectivity index (χ2v) is 9.08. The van der Waals surface area contributed by atoms with Gasteiger partial charge in [-0.05, 0) is 74.5 Å². The minimum Gasteiger partial charge on any atom is -0.473 e. The Kier molecular flexibility index (Phi) is 5.55. The Morgan fingerprint density at radius 3 is 2.41 bits per heavy atom. The SMILES string of the molecule is Cl.Clc1ccc(C(COc2nsnc2OC23CCC(CC2)C3)C2CC2)cc1. The van der Waals surface area contributed by atoms with Gasteiger partial charge in [0, 0.05) is 10.9 Å². The van der Waals surface area contributed by atoms with Crippen LogP contribution in [0.2, 0.25) is 5.02 Å². The summed E-state index contributed by atoms with van der Waals surface area (Å²) in [5.74, 6) is 3.08. The topological polar surface area (TPSA) is 44.2 Å². The fraction of sp³-hybridized carbons (Fsp3) is 0.600. The van der Waals surface area contributed by atoms with Gasteiger partial charge in [0.05, 0.1) is 18.3 Å². The fourth-order valence-electron chi connectivity index (χ4n) is 4.69. The van der Waals surface area contributed by atoms with Gasteiger partial charge in [-0.15, -0.1) is 21.2 Å². The van der Waals surface area contributed by atoms with Crippen molar-refractivity contribution in [3.05, 3.63) is 34.9 Å². The van der Waals surface area contributed by atoms with Gasteiger partial charge in [-0.25, -0.2) is 0 Å². The highest BCUT2D eigenvalue weighted by Crippen LogP contribution is 2.51. The Balaban J connectivity index is 0.00000180. The Morgan fingerprint density at radius 2 is 1.78 bits per heavy atom. The van der Waals surface area contributed by atoms with Gasteiger partial charge in [-0.1, -0.05) is 23.7 Å². The van der Waals surface area contributed by atoms with E-state index in [1.54, 1.807) is 0 Å². The maximum absolute atomic E-state index is 6.35. The number of halogens is 2. The largest absolute Gasteiger partial charge is 0.473 e. The zero-order valence-corrected chi connectivity index (χ0v) is 17.5. The first-order chi connectivity index (χ1) is 12.7. The molecule has 1 heterocycles. The Hall–Kier alpha value is -1.04. The van der Waals surface area contributed by atoms with Crippen molar-refractivity contribution < 1.29 is 9.47 Å². The summed E-state index contributed by atoms with van der Waals surface area (Å²) in [6, 6.07) is 8.14. The van der Waals surface area contributed by atoms with Crippen molar-refractivity contribution in [1.82, 2.24) is 8.75 Å². The molecule has 0 radical (unpaired) electrons. The Morgan fingerprint density at radius 1 is 1.07 bits per heavy atom. The first kappa shape index (κ1) is 19.3. The van der Waals surface area contributed by atoms with Crippen molar-refractivity contribution in [3.63, 3.8) is 0 Å². The third-order valence-electron chi connectivity index (χ3n) is 6.31. The highest BCUT2D eigenvalue weighted by Gasteiger charge is 2.47. The summed E-state index contributed by atoms with van der Waals surface area (Å²) in [7, 11) is 0. The van der Waals surface area contributed by atoms with Crippen LogP contribution in [0.4, 0.5) is 0 Å². The van der Waals surface area contributed by atoms with Gasteiger partial charge >= 0.3 is 0 Å². The third-order valence-corrected chi connectivity index (χ3v) is 7.06. The molecule has 3 aliphatic rings. The molecule has 27 heavy (non-hydrogen) atoms. The molecule has 2 aromatic rings. The number of benzene rings is 1. The molecule has 5 rings (SSSR count). The quantitative estimate of drug-likeness (QED) is 0.552. The molecule has 1 atom stereocenters. The van der Waals surface area contributed by atoms with E-state index in [0.29, 0.717) is 30.2 Å². The van der Waals surface area contributed by atoms with Gasteiger partial charge in [0.25, 0.3) is 11.8 Å². The lowest BCUT2D eigenvalue weighted by molar-refractivity contribution is 0.0700. The van der Waals surface area contributed by atoms with Crippen molar-refractivity contribution in [2.24, 2.45) is 11.8 Å². The Labute approximate surface area is 175 Å². The summed E-state index contributed by atoms with van der Waals surface area (Å²) in [4.78, 5) is 0. The van der Waals surface area contributed by atoms with E-state index in [-0.39, 0.29) is 18.0 Å². The summed E-state index contributed by atoms with van der Waals surface area (Å²) < 4.78 is 21.2. The number of ether oxygens (including phenoxy) is 2. The molecule has 146 valence electrons. The molecule has 7 heteroatoms. The fourth-order valence-corrected chi connectivity index (χ4v) is 5.25. The minimum absolute atomic E-state index is 0. The molecule has 0 amide bonds. The molecule has 1 aromatic carbocycles. The van der Waals surface area contributed by atoms with Crippen LogP contribution >= 0.6 is 35.7 Å². The average molecular weight is 427 g/mol. The first-order valence-electron chi connectivity index (χ1n) is 9.61. The minimum atomic E-state index is -0.00932. The number of fused-ring (bicyclic) bond motifs is 2. The third kappa shape index (κ3) is 4.06. The van der Waals surface area contributed by atoms with Gasteiger partial charge in [0.1, 0.15) is 5.60 Å². The van der Waals surface area contributed by atoms with Crippen LogP contribution in [-0.2, 0) is 0 Å². The second kappa shape index (κ2) is 7.76. The normalized spacial score (nSPS) is 27.2. The van der Waals surface area contributed by atoms with Crippen LogP contribution in [0.3, 0.4) is 0 Å². The van der Waals surface area contributed by atoms with Gasteiger partial charge in [0.15, 0.2) is 0 Å². The molecule has 4 nitrogen and oxygen atoms in total. The predicted molar refractivity (Wildman–Crippen MR) is 110 cm³/mol. The second-order valence-electron chi connectivity index (χ2n) is 8.11. The lowest BCUT2D eigenvalue weighted by Crippen LogP contribution is -2.30. The maximum atomic E-state index is 6.35. The van der Waals surface area contributed by atoms with Crippen molar-refractivity contribution >= 4 is 35.7 Å². The van der Waals surface area contributed by atoms with Crippen LogP contribution in [0.1, 0.15) is 56.4 Å². The molecule has 2 bridgehead atoms. The molecule has 0 aliphatic heterocycles. The van der Waals surface area contributed by atoms with Crippen molar-refractivity contribution in [3.8, 4) is 11.8 Å². The zero-order chi connectivity index (χ0) is 17.6. The maximum Gasteiger partial charge on any atom is 0.291 e. The molecular weight excluding hydrogens is 403 g/mol. The summed E-state index contributed by atoms with van der Waals surface area (Å²) >= 11 is 7.22. The molecule has 3 fully saturated rings. The first-order valence-corrected chi connectivity index (χ1v) is 10.7. The van der Waals surface area contributed by atoms with Crippen LogP contribution in [0.5, 0.6) is 11.8 Å². The van der Waals surface area contributed by atoms with E-state index in [4.69, 9.17) is 21.1 Å². The molecule has 0 saturated heterocycles. The van der Waals surface area contributed by atoms with E-state index >= 15 is 0 Å². The van der Waals surface area contributed by atoms with E-state index in [0.717, 1.165) is 23.8 Å². The monoisotopic (exact) mass is 426 g/mol. The highest BCUT2D eigenvalue weighted by molar-refractivity contribution is 6.99. The summed E-state index contributed by atoms with van der Waals surface area (Å²) in [6.45, 7) is 0.615. The summed E-state index contributed by atoms with van der Waals surface area (Å²) in [5.41, 5.74) is 1.28. The molecule has 1 aromatic heterocycles. The van der Waals surface area contributed by atoms with Crippen molar-refractivity contribution in [2.75, 3.05) is 6.61 Å². The number of nitrogens with zero attached hydrogens (tertiary/aromatic N) is 2. The lowest BCUT2D eigenvalue weighted by atomic mass is 9.95. The zero-order valence-electron chi connectivity index (χ0n) is 15.1. The van der Waals surface area contributed by atoms with E-state index in [2.05, 4.69) is 20.9 Å².